The first kappa shape index (κ1) is 19.2. The summed E-state index contributed by atoms with van der Waals surface area (Å²) in [5.41, 5.74) is 1.82. The summed E-state index contributed by atoms with van der Waals surface area (Å²) in [5, 5.41) is 6.71. The largest absolute Gasteiger partial charge is 0.493 e. The average molecular weight is 379 g/mol. The molecule has 144 valence electrons. The second-order valence-corrected chi connectivity index (χ2v) is 6.12. The number of benzene rings is 2. The quantitative estimate of drug-likeness (QED) is 0.681. The first-order chi connectivity index (χ1) is 13.6. The van der Waals surface area contributed by atoms with Crippen LogP contribution in [-0.4, -0.2) is 22.8 Å². The van der Waals surface area contributed by atoms with E-state index in [0.29, 0.717) is 24.7 Å². The van der Waals surface area contributed by atoms with E-state index >= 15 is 0 Å². The van der Waals surface area contributed by atoms with Crippen LogP contribution >= 0.6 is 0 Å². The summed E-state index contributed by atoms with van der Waals surface area (Å²) in [6.45, 7) is 0.727. The maximum absolute atomic E-state index is 12.2. The molecule has 0 radical (unpaired) electrons. The molecule has 1 N–H and O–H groups in total. The fourth-order valence-electron chi connectivity index (χ4n) is 2.57. The van der Waals surface area contributed by atoms with Gasteiger partial charge in [0.15, 0.2) is 11.5 Å². The summed E-state index contributed by atoms with van der Waals surface area (Å²) < 4.78 is 12.4. The summed E-state index contributed by atoms with van der Waals surface area (Å²) >= 11 is 0. The van der Waals surface area contributed by atoms with Crippen LogP contribution in [0, 0.1) is 0 Å². The lowest BCUT2D eigenvalue weighted by Gasteiger charge is -2.13. The van der Waals surface area contributed by atoms with E-state index in [1.165, 1.54) is 19.2 Å². The van der Waals surface area contributed by atoms with E-state index in [2.05, 4.69) is 10.4 Å². The Kier molecular flexibility index (Phi) is 6.06. The van der Waals surface area contributed by atoms with Gasteiger partial charge in [-0.1, -0.05) is 36.4 Å². The number of aromatic nitrogens is 2. The van der Waals surface area contributed by atoms with Crippen molar-refractivity contribution in [1.29, 1.82) is 0 Å². The molecular formula is C21H21N3O4. The molecule has 2 aromatic carbocycles. The van der Waals surface area contributed by atoms with Crippen LogP contribution in [0.5, 0.6) is 11.5 Å². The minimum atomic E-state index is -0.362. The highest BCUT2D eigenvalue weighted by Gasteiger charge is 2.10. The van der Waals surface area contributed by atoms with Crippen LogP contribution in [0.15, 0.2) is 65.5 Å². The molecule has 0 atom stereocenters. The van der Waals surface area contributed by atoms with Crippen molar-refractivity contribution in [2.24, 2.45) is 7.05 Å². The molecule has 0 spiro atoms. The number of hydrogen-bond acceptors (Lipinski definition) is 5. The second-order valence-electron chi connectivity index (χ2n) is 6.12. The zero-order valence-corrected chi connectivity index (χ0v) is 15.7. The van der Waals surface area contributed by atoms with E-state index in [9.17, 15) is 9.59 Å². The molecular weight excluding hydrogens is 358 g/mol. The molecule has 0 fully saturated rings. The zero-order valence-electron chi connectivity index (χ0n) is 15.7. The van der Waals surface area contributed by atoms with Gasteiger partial charge in [0, 0.05) is 19.7 Å². The molecule has 0 unspecified atom stereocenters. The molecule has 0 aliphatic carbocycles. The van der Waals surface area contributed by atoms with Gasteiger partial charge in [-0.25, -0.2) is 4.68 Å². The van der Waals surface area contributed by atoms with Crippen molar-refractivity contribution in [1.82, 2.24) is 15.1 Å². The first-order valence-corrected chi connectivity index (χ1v) is 8.73. The van der Waals surface area contributed by atoms with Crippen LogP contribution in [0.2, 0.25) is 0 Å². The van der Waals surface area contributed by atoms with E-state index in [-0.39, 0.29) is 17.2 Å². The molecule has 3 rings (SSSR count). The molecule has 1 aromatic heterocycles. The Hall–Kier alpha value is -3.61. The molecule has 3 aromatic rings. The number of methoxy groups -OCH3 is 1. The van der Waals surface area contributed by atoms with Gasteiger partial charge in [-0.3, -0.25) is 9.59 Å². The van der Waals surface area contributed by atoms with Gasteiger partial charge in [-0.15, -0.1) is 0 Å². The number of carbonyl (C=O) groups excluding carboxylic acids is 1. The normalized spacial score (nSPS) is 10.4. The Labute approximate surface area is 162 Å². The Morgan fingerprint density at radius 1 is 1.04 bits per heavy atom. The Bertz CT molecular complexity index is 1020. The molecule has 7 nitrogen and oxygen atoms in total. The SMILES string of the molecule is COc1cc(CNC(=O)c2ccc(=O)n(C)n2)ccc1OCc1ccccc1. The Morgan fingerprint density at radius 3 is 2.54 bits per heavy atom. The molecule has 0 saturated heterocycles. The van der Waals surface area contributed by atoms with Gasteiger partial charge in [0.25, 0.3) is 11.5 Å². The molecule has 0 aliphatic rings. The molecule has 7 heteroatoms. The minimum Gasteiger partial charge on any atom is -0.493 e. The van der Waals surface area contributed by atoms with Crippen LogP contribution in [0.3, 0.4) is 0 Å². The zero-order chi connectivity index (χ0) is 19.9. The second kappa shape index (κ2) is 8.85. The number of amides is 1. The summed E-state index contributed by atoms with van der Waals surface area (Å²) in [7, 11) is 3.07. The highest BCUT2D eigenvalue weighted by atomic mass is 16.5. The maximum atomic E-state index is 12.2. The molecule has 1 heterocycles. The van der Waals surface area contributed by atoms with Gasteiger partial charge in [-0.05, 0) is 29.3 Å². The van der Waals surface area contributed by atoms with Crippen LogP contribution < -0.4 is 20.3 Å². The number of rotatable bonds is 7. The topological polar surface area (TPSA) is 82.5 Å². The van der Waals surface area contributed by atoms with Crippen molar-refractivity contribution in [3.8, 4) is 11.5 Å². The number of nitrogens with one attached hydrogen (secondary N) is 1. The minimum absolute atomic E-state index is 0.178. The van der Waals surface area contributed by atoms with E-state index < -0.39 is 0 Å². The van der Waals surface area contributed by atoms with Gasteiger partial charge in [0.2, 0.25) is 0 Å². The lowest BCUT2D eigenvalue weighted by molar-refractivity contribution is 0.0943. The molecule has 0 saturated carbocycles. The predicted octanol–water partition coefficient (Wildman–Crippen LogP) is 2.30. The average Bonchev–Trinajstić information content (AvgIpc) is 2.73. The van der Waals surface area contributed by atoms with E-state index in [1.807, 2.05) is 48.5 Å². The fourth-order valence-corrected chi connectivity index (χ4v) is 2.57. The van der Waals surface area contributed by atoms with Crippen molar-refractivity contribution >= 4 is 5.91 Å². The highest BCUT2D eigenvalue weighted by molar-refractivity contribution is 5.91. The third kappa shape index (κ3) is 4.76. The van der Waals surface area contributed by atoms with Crippen LogP contribution in [0.1, 0.15) is 21.6 Å². The predicted molar refractivity (Wildman–Crippen MR) is 104 cm³/mol. The number of carbonyl (C=O) groups is 1. The summed E-state index contributed by atoms with van der Waals surface area (Å²) in [5.74, 6) is 0.850. The summed E-state index contributed by atoms with van der Waals surface area (Å²) in [6, 6.07) is 18.1. The third-order valence-electron chi connectivity index (χ3n) is 4.11. The van der Waals surface area contributed by atoms with E-state index in [1.54, 1.807) is 7.11 Å². The van der Waals surface area contributed by atoms with Gasteiger partial charge < -0.3 is 14.8 Å². The van der Waals surface area contributed by atoms with Gasteiger partial charge in [-0.2, -0.15) is 5.10 Å². The van der Waals surface area contributed by atoms with Crippen LogP contribution in [0.4, 0.5) is 0 Å². The third-order valence-corrected chi connectivity index (χ3v) is 4.11. The molecule has 0 bridgehead atoms. The molecule has 0 aliphatic heterocycles. The van der Waals surface area contributed by atoms with Crippen LogP contribution in [-0.2, 0) is 20.2 Å². The Morgan fingerprint density at radius 2 is 1.82 bits per heavy atom. The van der Waals surface area contributed by atoms with Gasteiger partial charge in [0.1, 0.15) is 12.3 Å². The van der Waals surface area contributed by atoms with Crippen molar-refractivity contribution in [3.05, 3.63) is 87.8 Å². The monoisotopic (exact) mass is 379 g/mol. The van der Waals surface area contributed by atoms with Crippen LogP contribution in [0.25, 0.3) is 0 Å². The van der Waals surface area contributed by atoms with E-state index in [4.69, 9.17) is 9.47 Å². The number of hydrogen-bond donors (Lipinski definition) is 1. The van der Waals surface area contributed by atoms with Crippen molar-refractivity contribution in [2.75, 3.05) is 7.11 Å². The van der Waals surface area contributed by atoms with Crippen molar-refractivity contribution in [2.45, 2.75) is 13.2 Å². The van der Waals surface area contributed by atoms with Crippen molar-refractivity contribution in [3.63, 3.8) is 0 Å². The first-order valence-electron chi connectivity index (χ1n) is 8.73. The Balaban J connectivity index is 1.63. The summed E-state index contributed by atoms with van der Waals surface area (Å²) in [4.78, 5) is 23.6. The lowest BCUT2D eigenvalue weighted by Crippen LogP contribution is -2.28. The van der Waals surface area contributed by atoms with Gasteiger partial charge in [0.05, 0.1) is 7.11 Å². The maximum Gasteiger partial charge on any atom is 0.271 e. The van der Waals surface area contributed by atoms with E-state index in [0.717, 1.165) is 15.8 Å². The molecule has 1 amide bonds. The number of nitrogens with zero attached hydrogens (tertiary/aromatic N) is 2. The fraction of sp³-hybridized carbons (Fsp3) is 0.190. The highest BCUT2D eigenvalue weighted by Crippen LogP contribution is 2.28. The smallest absolute Gasteiger partial charge is 0.271 e. The van der Waals surface area contributed by atoms with Crippen molar-refractivity contribution < 1.29 is 14.3 Å². The number of aryl methyl sites for hydroxylation is 1. The number of ether oxygens (including phenoxy) is 2. The molecule has 28 heavy (non-hydrogen) atoms. The lowest BCUT2D eigenvalue weighted by atomic mass is 10.2. The standard InChI is InChI=1S/C21H21N3O4/c1-24-20(25)11-9-17(23-24)21(26)22-13-16-8-10-18(19(12-16)27-2)28-14-15-6-4-3-5-7-15/h3-12H,13-14H2,1-2H3,(H,22,26). The van der Waals surface area contributed by atoms with Gasteiger partial charge >= 0.3 is 0 Å². The summed E-state index contributed by atoms with van der Waals surface area (Å²) in [6.07, 6.45) is 0.